The van der Waals surface area contributed by atoms with Crippen LogP contribution in [0, 0.1) is 0 Å². The lowest BCUT2D eigenvalue weighted by molar-refractivity contribution is -0.113. The molecule has 3 rings (SSSR count). The summed E-state index contributed by atoms with van der Waals surface area (Å²) in [6, 6.07) is 12.9. The predicted molar refractivity (Wildman–Crippen MR) is 132 cm³/mol. The number of carbonyl (C=O) groups excluding carboxylic acids is 3. The fraction of sp³-hybridized carbons (Fsp3) is 0.292. The lowest BCUT2D eigenvalue weighted by Crippen LogP contribution is -2.28. The number of carbonyl (C=O) groups is 3. The molecule has 0 aliphatic rings. The van der Waals surface area contributed by atoms with Crippen molar-refractivity contribution in [3.05, 3.63) is 65.5 Å². The summed E-state index contributed by atoms with van der Waals surface area (Å²) in [5, 5.41) is 14.5. The molecular weight excluding hydrogens is 470 g/mol. The summed E-state index contributed by atoms with van der Waals surface area (Å²) < 4.78 is 11.8. The molecule has 0 spiro atoms. The topological polar surface area (TPSA) is 124 Å². The Morgan fingerprint density at radius 3 is 2.31 bits per heavy atom. The van der Waals surface area contributed by atoms with Crippen LogP contribution < -0.4 is 15.4 Å². The minimum absolute atomic E-state index is 0.109. The van der Waals surface area contributed by atoms with Crippen LogP contribution in [0.2, 0.25) is 0 Å². The summed E-state index contributed by atoms with van der Waals surface area (Å²) in [7, 11) is 3.34. The number of aromatic nitrogens is 3. The van der Waals surface area contributed by atoms with Crippen LogP contribution in [0.5, 0.6) is 5.75 Å². The molecule has 0 unspecified atom stereocenters. The fourth-order valence-electron chi connectivity index (χ4n) is 3.15. The van der Waals surface area contributed by atoms with E-state index < -0.39 is 12.0 Å². The summed E-state index contributed by atoms with van der Waals surface area (Å²) in [5.74, 6) is 0.452. The first-order valence-electron chi connectivity index (χ1n) is 10.9. The van der Waals surface area contributed by atoms with Gasteiger partial charge in [-0.2, -0.15) is 0 Å². The number of esters is 1. The van der Waals surface area contributed by atoms with Gasteiger partial charge in [-0.25, -0.2) is 4.79 Å². The zero-order valence-corrected chi connectivity index (χ0v) is 20.7. The number of nitrogens with zero attached hydrogens (tertiary/aromatic N) is 3. The number of amides is 2. The molecule has 1 aromatic heterocycles. The lowest BCUT2D eigenvalue weighted by Gasteiger charge is -2.14. The molecule has 0 bridgehead atoms. The van der Waals surface area contributed by atoms with Crippen molar-refractivity contribution in [3.63, 3.8) is 0 Å². The second-order valence-corrected chi connectivity index (χ2v) is 8.40. The molecule has 1 atom stereocenters. The van der Waals surface area contributed by atoms with Gasteiger partial charge in [0.05, 0.1) is 31.1 Å². The normalized spacial score (nSPS) is 11.4. The Labute approximate surface area is 207 Å². The average Bonchev–Trinajstić information content (AvgIpc) is 3.23. The Kier molecular flexibility index (Phi) is 8.85. The highest BCUT2D eigenvalue weighted by Gasteiger charge is 2.19. The molecule has 11 heteroatoms. The van der Waals surface area contributed by atoms with Crippen molar-refractivity contribution in [2.75, 3.05) is 24.8 Å². The van der Waals surface area contributed by atoms with E-state index in [2.05, 4.69) is 20.8 Å². The largest absolute Gasteiger partial charge is 0.497 e. The van der Waals surface area contributed by atoms with Gasteiger partial charge >= 0.3 is 5.97 Å². The van der Waals surface area contributed by atoms with E-state index in [0.717, 1.165) is 0 Å². The van der Waals surface area contributed by atoms with E-state index in [0.29, 0.717) is 40.2 Å². The number of methoxy groups -OCH3 is 1. The molecule has 10 nitrogen and oxygen atoms in total. The molecule has 0 radical (unpaired) electrons. The fourth-order valence-corrected chi connectivity index (χ4v) is 3.87. The van der Waals surface area contributed by atoms with Gasteiger partial charge in [-0.3, -0.25) is 9.59 Å². The number of ether oxygens (including phenoxy) is 2. The molecule has 0 aliphatic carbocycles. The lowest BCUT2D eigenvalue weighted by atomic mass is 10.2. The standard InChI is InChI=1S/C24H27N5O5S/c1-5-34-23(32)17-6-10-18(11-7-17)26-20(30)14-35-24-28-27-21(29(24)3)15(2)25-22(31)16-8-12-19(33-4)13-9-16/h6-13,15H,5,14H2,1-4H3,(H,25,31)(H,26,30)/t15-/m0/s1. The number of benzene rings is 2. The van der Waals surface area contributed by atoms with Crippen LogP contribution in [0.4, 0.5) is 5.69 Å². The molecule has 0 aliphatic heterocycles. The molecule has 2 aromatic carbocycles. The van der Waals surface area contributed by atoms with Crippen LogP contribution in [0.1, 0.15) is 46.4 Å². The number of anilines is 1. The van der Waals surface area contributed by atoms with E-state index in [9.17, 15) is 14.4 Å². The van der Waals surface area contributed by atoms with Crippen LogP contribution in [0.25, 0.3) is 0 Å². The molecule has 0 fully saturated rings. The molecule has 2 amide bonds. The first kappa shape index (κ1) is 25.8. The third-order valence-corrected chi connectivity index (χ3v) is 5.99. The third kappa shape index (κ3) is 6.82. The van der Waals surface area contributed by atoms with Gasteiger partial charge in [0.15, 0.2) is 11.0 Å². The first-order valence-corrected chi connectivity index (χ1v) is 11.8. The van der Waals surface area contributed by atoms with E-state index >= 15 is 0 Å². The SMILES string of the molecule is CCOC(=O)c1ccc(NC(=O)CSc2nnc([C@H](C)NC(=O)c3ccc(OC)cc3)n2C)cc1. The number of rotatable bonds is 10. The van der Waals surface area contributed by atoms with E-state index in [1.807, 2.05) is 6.92 Å². The second-order valence-electron chi connectivity index (χ2n) is 7.46. The Morgan fingerprint density at radius 1 is 1.03 bits per heavy atom. The quantitative estimate of drug-likeness (QED) is 0.323. The minimum atomic E-state index is -0.409. The monoisotopic (exact) mass is 497 g/mol. The second kappa shape index (κ2) is 12.0. The Bertz CT molecular complexity index is 1180. The number of thioether (sulfide) groups is 1. The Hall–Kier alpha value is -3.86. The first-order chi connectivity index (χ1) is 16.8. The number of nitrogens with one attached hydrogen (secondary N) is 2. The van der Waals surface area contributed by atoms with Gasteiger partial charge in [0.2, 0.25) is 5.91 Å². The highest BCUT2D eigenvalue weighted by Crippen LogP contribution is 2.20. The van der Waals surface area contributed by atoms with Gasteiger partial charge in [0.1, 0.15) is 5.75 Å². The highest BCUT2D eigenvalue weighted by atomic mass is 32.2. The van der Waals surface area contributed by atoms with Crippen molar-refractivity contribution in [2.45, 2.75) is 25.0 Å². The van der Waals surface area contributed by atoms with E-state index in [1.54, 1.807) is 74.2 Å². The maximum Gasteiger partial charge on any atom is 0.338 e. The smallest absolute Gasteiger partial charge is 0.338 e. The van der Waals surface area contributed by atoms with Crippen LogP contribution in [-0.4, -0.2) is 52.0 Å². The minimum Gasteiger partial charge on any atom is -0.497 e. The van der Waals surface area contributed by atoms with Crippen molar-refractivity contribution in [1.82, 2.24) is 20.1 Å². The molecule has 184 valence electrons. The van der Waals surface area contributed by atoms with Crippen LogP contribution >= 0.6 is 11.8 Å². The zero-order valence-electron chi connectivity index (χ0n) is 19.9. The van der Waals surface area contributed by atoms with Crippen LogP contribution in [-0.2, 0) is 16.6 Å². The molecule has 1 heterocycles. The van der Waals surface area contributed by atoms with Gasteiger partial charge in [0, 0.05) is 18.3 Å². The van der Waals surface area contributed by atoms with Gasteiger partial charge in [-0.15, -0.1) is 10.2 Å². The van der Waals surface area contributed by atoms with Crippen molar-refractivity contribution < 1.29 is 23.9 Å². The Balaban J connectivity index is 1.53. The van der Waals surface area contributed by atoms with Gasteiger partial charge in [0.25, 0.3) is 5.91 Å². The van der Waals surface area contributed by atoms with Crippen molar-refractivity contribution >= 4 is 35.2 Å². The maximum absolute atomic E-state index is 12.5. The number of hydrogen-bond acceptors (Lipinski definition) is 8. The zero-order chi connectivity index (χ0) is 25.4. The van der Waals surface area contributed by atoms with E-state index in [1.165, 1.54) is 11.8 Å². The van der Waals surface area contributed by atoms with Gasteiger partial charge in [-0.1, -0.05) is 11.8 Å². The van der Waals surface area contributed by atoms with E-state index in [4.69, 9.17) is 9.47 Å². The van der Waals surface area contributed by atoms with Gasteiger partial charge < -0.3 is 24.7 Å². The summed E-state index contributed by atoms with van der Waals surface area (Å²) in [6.45, 7) is 3.85. The third-order valence-electron chi connectivity index (χ3n) is 4.97. The van der Waals surface area contributed by atoms with Crippen LogP contribution in [0.15, 0.2) is 53.7 Å². The molecule has 2 N–H and O–H groups in total. The maximum atomic E-state index is 12.5. The summed E-state index contributed by atoms with van der Waals surface area (Å²) in [4.78, 5) is 36.6. The molecule has 35 heavy (non-hydrogen) atoms. The summed E-state index contributed by atoms with van der Waals surface area (Å²) >= 11 is 1.22. The average molecular weight is 498 g/mol. The molecular formula is C24H27N5O5S. The van der Waals surface area contributed by atoms with E-state index in [-0.39, 0.29) is 17.6 Å². The summed E-state index contributed by atoms with van der Waals surface area (Å²) in [6.07, 6.45) is 0. The predicted octanol–water partition coefficient (Wildman–Crippen LogP) is 3.22. The highest BCUT2D eigenvalue weighted by molar-refractivity contribution is 7.99. The molecule has 0 saturated heterocycles. The summed E-state index contributed by atoms with van der Waals surface area (Å²) in [5.41, 5.74) is 1.48. The number of hydrogen-bond donors (Lipinski definition) is 2. The van der Waals surface area contributed by atoms with Crippen molar-refractivity contribution in [3.8, 4) is 5.75 Å². The van der Waals surface area contributed by atoms with Gasteiger partial charge in [-0.05, 0) is 62.4 Å². The Morgan fingerprint density at radius 2 is 1.69 bits per heavy atom. The van der Waals surface area contributed by atoms with Crippen LogP contribution in [0.3, 0.4) is 0 Å². The van der Waals surface area contributed by atoms with Crippen molar-refractivity contribution in [2.24, 2.45) is 7.05 Å². The van der Waals surface area contributed by atoms with Crippen molar-refractivity contribution in [1.29, 1.82) is 0 Å². The molecule has 3 aromatic rings. The molecule has 0 saturated carbocycles.